The Bertz CT molecular complexity index is 1790. The van der Waals surface area contributed by atoms with Gasteiger partial charge in [-0.15, -0.1) is 0 Å². The predicted molar refractivity (Wildman–Crippen MR) is 276 cm³/mol. The summed E-state index contributed by atoms with van der Waals surface area (Å²) >= 11 is 5.98. The van der Waals surface area contributed by atoms with Gasteiger partial charge in [-0.3, -0.25) is 28.8 Å². The Labute approximate surface area is 414 Å². The number of carbonyl (C=O) groups is 6. The number of anilines is 2. The molecule has 0 saturated carbocycles. The molecule has 2 aromatic rings. The van der Waals surface area contributed by atoms with E-state index in [1.165, 1.54) is 70.6 Å². The molecule has 68 heavy (non-hydrogen) atoms. The van der Waals surface area contributed by atoms with Gasteiger partial charge >= 0.3 is 0 Å². The summed E-state index contributed by atoms with van der Waals surface area (Å²) in [6.07, 6.45) is 26.5. The Morgan fingerprint density at radius 1 is 0.368 bits per heavy atom. The van der Waals surface area contributed by atoms with Crippen molar-refractivity contribution < 1.29 is 28.8 Å². The maximum Gasteiger partial charge on any atom is 0.227 e. The second kappa shape index (κ2) is 33.1. The van der Waals surface area contributed by atoms with E-state index in [9.17, 15) is 28.8 Å². The molecule has 2 aromatic carbocycles. The maximum atomic E-state index is 11.7. The van der Waals surface area contributed by atoms with Crippen LogP contribution in [0, 0.1) is 0 Å². The summed E-state index contributed by atoms with van der Waals surface area (Å²) in [7, 11) is 0. The third-order valence-corrected chi connectivity index (χ3v) is 13.8. The van der Waals surface area contributed by atoms with Crippen LogP contribution in [-0.2, 0) is 28.8 Å². The van der Waals surface area contributed by atoms with E-state index < -0.39 is 0 Å². The summed E-state index contributed by atoms with van der Waals surface area (Å²) in [6, 6.07) is 17.3. The molecule has 0 radical (unpaired) electrons. The number of hydrogen-bond acceptors (Lipinski definition) is 6. The van der Waals surface area contributed by atoms with E-state index in [-0.39, 0.29) is 23.6 Å². The lowest BCUT2D eigenvalue weighted by molar-refractivity contribution is -0.131. The standard InChI is InChI=1S/C14H27NO.C11H18N2O2.C10H10ClNO.C10H11NO.C10H19NO/c1-2-3-4-5-6-9-12-15-13-10-7-8-11-14(15)16;14-10-4-1-6-12(10)8-3-9-13-7-2-5-11(13)15;11-8-4-1-2-5-9(8)12-7-3-6-10(12)13;12-10-7-4-8-11(10)9-5-2-1-3-6-9;1-2-3-8-11-9-6-4-5-7-10(11)12/h2-13H2,1H3;1-9H2;1-2,4-5H,3,6-7H2;1-3,5-6H,4,7-8H2;2-9H2,1H3. The van der Waals surface area contributed by atoms with Crippen molar-refractivity contribution in [3.05, 3.63) is 59.6 Å². The van der Waals surface area contributed by atoms with Crippen molar-refractivity contribution in [3.8, 4) is 0 Å². The first-order chi connectivity index (χ1) is 33.1. The average Bonchev–Trinajstić information content (AvgIpc) is 4.13. The molecule has 6 fully saturated rings. The minimum atomic E-state index is 0.174. The number of hydrogen-bond donors (Lipinski definition) is 0. The molecule has 0 N–H and O–H groups in total. The Hall–Kier alpha value is -4.45. The molecule has 0 spiro atoms. The summed E-state index contributed by atoms with van der Waals surface area (Å²) in [5.41, 5.74) is 1.87. The average molecular weight is 962 g/mol. The summed E-state index contributed by atoms with van der Waals surface area (Å²) in [5.74, 6) is 1.76. The van der Waals surface area contributed by atoms with Crippen LogP contribution in [0.5, 0.6) is 0 Å². The molecule has 12 nitrogen and oxygen atoms in total. The lowest BCUT2D eigenvalue weighted by Gasteiger charge is -2.20. The molecular formula is C55H85ClN6O6. The monoisotopic (exact) mass is 961 g/mol. The fraction of sp³-hybridized carbons (Fsp3) is 0.673. The largest absolute Gasteiger partial charge is 0.343 e. The molecule has 0 bridgehead atoms. The van der Waals surface area contributed by atoms with E-state index in [1.54, 1.807) is 4.90 Å². The number of para-hydroxylation sites is 2. The lowest BCUT2D eigenvalue weighted by atomic mass is 10.1. The molecule has 8 rings (SSSR count). The third-order valence-electron chi connectivity index (χ3n) is 13.5. The maximum absolute atomic E-state index is 11.7. The molecule has 6 saturated heterocycles. The van der Waals surface area contributed by atoms with E-state index >= 15 is 0 Å². The van der Waals surface area contributed by atoms with Gasteiger partial charge in [0.2, 0.25) is 35.4 Å². The van der Waals surface area contributed by atoms with Crippen LogP contribution in [0.25, 0.3) is 0 Å². The minimum absolute atomic E-state index is 0.174. The van der Waals surface area contributed by atoms with Crippen LogP contribution in [0.1, 0.15) is 174 Å². The van der Waals surface area contributed by atoms with Crippen LogP contribution in [0.4, 0.5) is 11.4 Å². The zero-order chi connectivity index (χ0) is 48.8. The Balaban J connectivity index is 0.000000186. The molecule has 0 atom stereocenters. The molecule has 6 aliphatic heterocycles. The van der Waals surface area contributed by atoms with Crippen LogP contribution >= 0.6 is 11.6 Å². The first-order valence-corrected chi connectivity index (χ1v) is 27.0. The molecule has 6 heterocycles. The highest BCUT2D eigenvalue weighted by molar-refractivity contribution is 6.33. The van der Waals surface area contributed by atoms with Crippen LogP contribution in [-0.4, -0.2) is 120 Å². The predicted octanol–water partition coefficient (Wildman–Crippen LogP) is 10.8. The quantitative estimate of drug-likeness (QED) is 0.154. The Kier molecular flexibility index (Phi) is 27.4. The van der Waals surface area contributed by atoms with Gasteiger partial charge < -0.3 is 29.4 Å². The van der Waals surface area contributed by atoms with Crippen LogP contribution < -0.4 is 9.80 Å². The second-order valence-electron chi connectivity index (χ2n) is 18.9. The van der Waals surface area contributed by atoms with Gasteiger partial charge in [0.25, 0.3) is 0 Å². The number of nitrogens with zero attached hydrogens (tertiary/aromatic N) is 6. The first kappa shape index (κ1) is 56.1. The van der Waals surface area contributed by atoms with Gasteiger partial charge in [-0.1, -0.05) is 107 Å². The Morgan fingerprint density at radius 3 is 1.24 bits per heavy atom. The van der Waals surface area contributed by atoms with Gasteiger partial charge in [0.05, 0.1) is 10.7 Å². The van der Waals surface area contributed by atoms with Gasteiger partial charge in [0, 0.05) is 110 Å². The highest BCUT2D eigenvalue weighted by Crippen LogP contribution is 2.28. The molecule has 13 heteroatoms. The van der Waals surface area contributed by atoms with E-state index in [0.29, 0.717) is 42.5 Å². The molecule has 0 aliphatic carbocycles. The smallest absolute Gasteiger partial charge is 0.227 e. The van der Waals surface area contributed by atoms with Gasteiger partial charge in [-0.25, -0.2) is 0 Å². The van der Waals surface area contributed by atoms with Crippen molar-refractivity contribution in [2.75, 3.05) is 75.2 Å². The summed E-state index contributed by atoms with van der Waals surface area (Å²) in [4.78, 5) is 80.0. The number of benzene rings is 2. The lowest BCUT2D eigenvalue weighted by Crippen LogP contribution is -2.31. The molecule has 0 aromatic heterocycles. The number of amides is 6. The molecule has 0 unspecified atom stereocenters. The molecule has 6 amide bonds. The van der Waals surface area contributed by atoms with E-state index in [0.717, 1.165) is 141 Å². The van der Waals surface area contributed by atoms with E-state index in [4.69, 9.17) is 11.6 Å². The van der Waals surface area contributed by atoms with Gasteiger partial charge in [-0.2, -0.15) is 0 Å². The van der Waals surface area contributed by atoms with Crippen LogP contribution in [0.3, 0.4) is 0 Å². The van der Waals surface area contributed by atoms with Crippen LogP contribution in [0.15, 0.2) is 54.6 Å². The summed E-state index contributed by atoms with van der Waals surface area (Å²) in [5, 5.41) is 0.651. The summed E-state index contributed by atoms with van der Waals surface area (Å²) in [6.45, 7) is 13.5. The SMILES string of the molecule is CCCCCCCCN1CCCCCC1=O.CCCCN1CCCCCC1=O.O=C1CCCN1CCCN1CCCC1=O.O=C1CCCN1c1ccccc1.O=C1CCCN1c1ccccc1Cl. The molecule has 6 aliphatic rings. The van der Waals surface area contributed by atoms with Crippen molar-refractivity contribution in [1.82, 2.24) is 19.6 Å². The van der Waals surface area contributed by atoms with E-state index in [2.05, 4.69) is 18.7 Å². The zero-order valence-corrected chi connectivity index (χ0v) is 42.7. The molecule has 378 valence electrons. The normalized spacial score (nSPS) is 18.6. The number of halogens is 1. The van der Waals surface area contributed by atoms with Crippen molar-refractivity contribution in [2.45, 2.75) is 174 Å². The number of carbonyl (C=O) groups excluding carboxylic acids is 6. The first-order valence-electron chi connectivity index (χ1n) is 26.6. The fourth-order valence-corrected chi connectivity index (χ4v) is 9.66. The van der Waals surface area contributed by atoms with Crippen molar-refractivity contribution in [2.24, 2.45) is 0 Å². The number of likely N-dealkylation sites (tertiary alicyclic amines) is 4. The number of unbranched alkanes of at least 4 members (excludes halogenated alkanes) is 6. The second-order valence-corrected chi connectivity index (χ2v) is 19.3. The fourth-order valence-electron chi connectivity index (χ4n) is 9.42. The summed E-state index contributed by atoms with van der Waals surface area (Å²) < 4.78 is 0. The Morgan fingerprint density at radius 2 is 0.765 bits per heavy atom. The van der Waals surface area contributed by atoms with Crippen molar-refractivity contribution in [1.29, 1.82) is 0 Å². The topological polar surface area (TPSA) is 122 Å². The van der Waals surface area contributed by atoms with Crippen molar-refractivity contribution >= 4 is 58.4 Å². The highest BCUT2D eigenvalue weighted by Gasteiger charge is 2.25. The third kappa shape index (κ3) is 20.6. The van der Waals surface area contributed by atoms with Gasteiger partial charge in [-0.05, 0) is 94.9 Å². The highest BCUT2D eigenvalue weighted by atomic mass is 35.5. The van der Waals surface area contributed by atoms with Crippen molar-refractivity contribution in [3.63, 3.8) is 0 Å². The number of rotatable bonds is 16. The van der Waals surface area contributed by atoms with E-state index in [1.807, 2.05) is 74.2 Å². The van der Waals surface area contributed by atoms with Gasteiger partial charge in [0.15, 0.2) is 0 Å². The van der Waals surface area contributed by atoms with Crippen LogP contribution in [0.2, 0.25) is 5.02 Å². The van der Waals surface area contributed by atoms with Gasteiger partial charge in [0.1, 0.15) is 0 Å². The molecular weight excluding hydrogens is 876 g/mol. The minimum Gasteiger partial charge on any atom is -0.343 e. The zero-order valence-electron chi connectivity index (χ0n) is 42.0.